The summed E-state index contributed by atoms with van der Waals surface area (Å²) in [5, 5.41) is 0. The predicted molar refractivity (Wildman–Crippen MR) is 78.4 cm³/mol. The van der Waals surface area contributed by atoms with E-state index in [4.69, 9.17) is 4.74 Å². The van der Waals surface area contributed by atoms with E-state index in [1.165, 1.54) is 64.7 Å². The van der Waals surface area contributed by atoms with Gasteiger partial charge < -0.3 is 9.64 Å². The molecule has 0 aromatic rings. The van der Waals surface area contributed by atoms with Gasteiger partial charge in [-0.25, -0.2) is 0 Å². The summed E-state index contributed by atoms with van der Waals surface area (Å²) in [7, 11) is 0. The quantitative estimate of drug-likeness (QED) is 0.780. The van der Waals surface area contributed by atoms with Crippen LogP contribution in [0.2, 0.25) is 0 Å². The van der Waals surface area contributed by atoms with E-state index >= 15 is 0 Å². The SMILES string of the molecule is CCN1CCC(C2CCCCN2C2CCOC2)CC1. The van der Waals surface area contributed by atoms with Crippen molar-refractivity contribution < 1.29 is 4.74 Å². The van der Waals surface area contributed by atoms with Crippen molar-refractivity contribution in [2.75, 3.05) is 39.4 Å². The van der Waals surface area contributed by atoms with Gasteiger partial charge in [0, 0.05) is 18.7 Å². The second kappa shape index (κ2) is 6.55. The number of rotatable bonds is 3. The molecule has 0 amide bonds. The monoisotopic (exact) mass is 266 g/mol. The Labute approximate surface area is 118 Å². The fourth-order valence-electron chi connectivity index (χ4n) is 4.38. The van der Waals surface area contributed by atoms with Gasteiger partial charge in [-0.15, -0.1) is 0 Å². The van der Waals surface area contributed by atoms with Gasteiger partial charge in [0.25, 0.3) is 0 Å². The van der Waals surface area contributed by atoms with Crippen LogP contribution >= 0.6 is 0 Å². The van der Waals surface area contributed by atoms with Gasteiger partial charge in [-0.2, -0.15) is 0 Å². The summed E-state index contributed by atoms with van der Waals surface area (Å²) in [4.78, 5) is 5.45. The lowest BCUT2D eigenvalue weighted by Gasteiger charge is -2.45. The molecule has 3 rings (SSSR count). The van der Waals surface area contributed by atoms with E-state index in [-0.39, 0.29) is 0 Å². The van der Waals surface area contributed by atoms with E-state index in [2.05, 4.69) is 16.7 Å². The normalized spacial score (nSPS) is 35.8. The van der Waals surface area contributed by atoms with Crippen LogP contribution < -0.4 is 0 Å². The summed E-state index contributed by atoms with van der Waals surface area (Å²) in [5.74, 6) is 0.948. The van der Waals surface area contributed by atoms with E-state index in [0.29, 0.717) is 0 Å². The van der Waals surface area contributed by atoms with Gasteiger partial charge in [-0.3, -0.25) is 4.90 Å². The smallest absolute Gasteiger partial charge is 0.0622 e. The molecular formula is C16H30N2O. The Balaban J connectivity index is 1.60. The van der Waals surface area contributed by atoms with E-state index in [1.807, 2.05) is 0 Å². The van der Waals surface area contributed by atoms with E-state index in [1.54, 1.807) is 0 Å². The molecular weight excluding hydrogens is 236 g/mol. The lowest BCUT2D eigenvalue weighted by molar-refractivity contribution is 0.0263. The van der Waals surface area contributed by atoms with Crippen LogP contribution in [-0.4, -0.2) is 61.3 Å². The molecule has 0 N–H and O–H groups in total. The zero-order valence-electron chi connectivity index (χ0n) is 12.5. The molecule has 3 saturated heterocycles. The van der Waals surface area contributed by atoms with Crippen LogP contribution in [0.3, 0.4) is 0 Å². The van der Waals surface area contributed by atoms with Crippen molar-refractivity contribution in [1.82, 2.24) is 9.80 Å². The first-order chi connectivity index (χ1) is 9.38. The maximum absolute atomic E-state index is 5.63. The maximum Gasteiger partial charge on any atom is 0.0622 e. The van der Waals surface area contributed by atoms with Crippen LogP contribution in [0.15, 0.2) is 0 Å². The van der Waals surface area contributed by atoms with Crippen LogP contribution in [0, 0.1) is 5.92 Å². The number of nitrogens with zero attached hydrogens (tertiary/aromatic N) is 2. The Kier molecular flexibility index (Phi) is 4.78. The van der Waals surface area contributed by atoms with Gasteiger partial charge in [0.15, 0.2) is 0 Å². The highest BCUT2D eigenvalue weighted by Gasteiger charge is 2.36. The minimum Gasteiger partial charge on any atom is -0.380 e. The molecule has 3 fully saturated rings. The van der Waals surface area contributed by atoms with Crippen molar-refractivity contribution in [1.29, 1.82) is 0 Å². The summed E-state index contributed by atoms with van der Waals surface area (Å²) in [6, 6.07) is 1.59. The van der Waals surface area contributed by atoms with Gasteiger partial charge >= 0.3 is 0 Å². The predicted octanol–water partition coefficient (Wildman–Crippen LogP) is 2.36. The molecule has 3 aliphatic heterocycles. The third-order valence-corrected chi connectivity index (χ3v) is 5.59. The van der Waals surface area contributed by atoms with Crippen molar-refractivity contribution in [2.45, 2.75) is 57.5 Å². The number of ether oxygens (including phenoxy) is 1. The van der Waals surface area contributed by atoms with E-state index < -0.39 is 0 Å². The molecule has 3 nitrogen and oxygen atoms in total. The molecule has 0 saturated carbocycles. The largest absolute Gasteiger partial charge is 0.380 e. The first-order valence-corrected chi connectivity index (χ1v) is 8.44. The molecule has 0 aromatic carbocycles. The lowest BCUT2D eigenvalue weighted by atomic mass is 9.83. The van der Waals surface area contributed by atoms with Crippen LogP contribution in [-0.2, 0) is 4.74 Å². The molecule has 110 valence electrons. The zero-order chi connectivity index (χ0) is 13.1. The number of hydrogen-bond acceptors (Lipinski definition) is 3. The molecule has 2 unspecified atom stereocenters. The number of piperidine rings is 2. The lowest BCUT2D eigenvalue weighted by Crippen LogP contribution is -2.52. The molecule has 3 heterocycles. The minimum absolute atomic E-state index is 0.731. The number of likely N-dealkylation sites (tertiary alicyclic amines) is 2. The minimum atomic E-state index is 0.731. The highest BCUT2D eigenvalue weighted by molar-refractivity contribution is 4.90. The van der Waals surface area contributed by atoms with Gasteiger partial charge in [0.1, 0.15) is 0 Å². The summed E-state index contributed by atoms with van der Waals surface area (Å²) < 4.78 is 5.63. The van der Waals surface area contributed by atoms with E-state index in [9.17, 15) is 0 Å². The van der Waals surface area contributed by atoms with Crippen LogP contribution in [0.4, 0.5) is 0 Å². The Bertz CT molecular complexity index is 270. The molecule has 0 radical (unpaired) electrons. The topological polar surface area (TPSA) is 15.7 Å². The average molecular weight is 266 g/mol. The van der Waals surface area contributed by atoms with Crippen LogP contribution in [0.5, 0.6) is 0 Å². The first kappa shape index (κ1) is 13.8. The standard InChI is InChI=1S/C16H30N2O/c1-2-17-10-6-14(7-11-17)16-5-3-4-9-18(16)15-8-12-19-13-15/h14-16H,2-13H2,1H3. The van der Waals surface area contributed by atoms with Crippen molar-refractivity contribution in [3.63, 3.8) is 0 Å². The molecule has 19 heavy (non-hydrogen) atoms. The second-order valence-corrected chi connectivity index (χ2v) is 6.59. The summed E-state index contributed by atoms with van der Waals surface area (Å²) in [5.41, 5.74) is 0. The van der Waals surface area contributed by atoms with Gasteiger partial charge in [0.05, 0.1) is 6.61 Å². The van der Waals surface area contributed by atoms with Gasteiger partial charge in [-0.05, 0) is 64.2 Å². The highest BCUT2D eigenvalue weighted by Crippen LogP contribution is 2.33. The maximum atomic E-state index is 5.63. The van der Waals surface area contributed by atoms with Crippen molar-refractivity contribution in [3.05, 3.63) is 0 Å². The molecule has 0 spiro atoms. The van der Waals surface area contributed by atoms with Crippen LogP contribution in [0.1, 0.15) is 45.4 Å². The molecule has 3 heteroatoms. The first-order valence-electron chi connectivity index (χ1n) is 8.44. The van der Waals surface area contributed by atoms with Crippen molar-refractivity contribution >= 4 is 0 Å². The van der Waals surface area contributed by atoms with Gasteiger partial charge in [0.2, 0.25) is 0 Å². The summed E-state index contributed by atoms with van der Waals surface area (Å²) in [6.07, 6.45) is 8.40. The van der Waals surface area contributed by atoms with Crippen molar-refractivity contribution in [3.8, 4) is 0 Å². The van der Waals surface area contributed by atoms with E-state index in [0.717, 1.165) is 31.2 Å². The second-order valence-electron chi connectivity index (χ2n) is 6.59. The molecule has 0 bridgehead atoms. The van der Waals surface area contributed by atoms with Crippen molar-refractivity contribution in [2.24, 2.45) is 5.92 Å². The average Bonchev–Trinajstić information content (AvgIpc) is 3.01. The third-order valence-electron chi connectivity index (χ3n) is 5.59. The fourth-order valence-corrected chi connectivity index (χ4v) is 4.38. The van der Waals surface area contributed by atoms with Crippen LogP contribution in [0.25, 0.3) is 0 Å². The number of hydrogen-bond donors (Lipinski definition) is 0. The van der Waals surface area contributed by atoms with Gasteiger partial charge in [-0.1, -0.05) is 13.3 Å². The highest BCUT2D eigenvalue weighted by atomic mass is 16.5. The Hall–Kier alpha value is -0.120. The molecule has 2 atom stereocenters. The molecule has 3 aliphatic rings. The Morgan fingerprint density at radius 2 is 1.84 bits per heavy atom. The molecule has 0 aromatic heterocycles. The molecule has 0 aliphatic carbocycles. The fraction of sp³-hybridized carbons (Fsp3) is 1.00. The zero-order valence-corrected chi connectivity index (χ0v) is 12.5. The summed E-state index contributed by atoms with van der Waals surface area (Å²) >= 11 is 0. The Morgan fingerprint density at radius 1 is 1.00 bits per heavy atom. The third kappa shape index (κ3) is 3.14. The summed E-state index contributed by atoms with van der Waals surface area (Å²) in [6.45, 7) is 9.49. The Morgan fingerprint density at radius 3 is 2.53 bits per heavy atom.